The van der Waals surface area contributed by atoms with Crippen LogP contribution in [0.5, 0.6) is 17.2 Å². The highest BCUT2D eigenvalue weighted by Gasteiger charge is 2.36. The molecule has 0 atom stereocenters. The Kier molecular flexibility index (Phi) is 6.63. The average molecular weight is 429 g/mol. The molecule has 8 nitrogen and oxygen atoms in total. The number of nitrogens with zero attached hydrogens (tertiary/aromatic N) is 1. The number of thioether (sulfide) groups is 1. The number of rotatable bonds is 8. The first-order chi connectivity index (χ1) is 14.4. The Labute approximate surface area is 177 Å². The Morgan fingerprint density at radius 2 is 1.83 bits per heavy atom. The zero-order valence-electron chi connectivity index (χ0n) is 16.3. The van der Waals surface area contributed by atoms with E-state index in [0.29, 0.717) is 29.4 Å². The lowest BCUT2D eigenvalue weighted by atomic mass is 10.2. The Balaban J connectivity index is 1.81. The van der Waals surface area contributed by atoms with Crippen molar-refractivity contribution in [3.8, 4) is 17.2 Å². The lowest BCUT2D eigenvalue weighted by Gasteiger charge is -2.13. The van der Waals surface area contributed by atoms with E-state index in [1.807, 2.05) is 6.92 Å². The van der Waals surface area contributed by atoms with Crippen LogP contribution in [0.25, 0.3) is 6.08 Å². The van der Waals surface area contributed by atoms with Gasteiger partial charge in [-0.05, 0) is 66.7 Å². The highest BCUT2D eigenvalue weighted by Crippen LogP contribution is 2.37. The number of benzene rings is 2. The summed E-state index contributed by atoms with van der Waals surface area (Å²) in [5.41, 5.74) is 1.06. The number of hydrogen-bond donors (Lipinski definition) is 1. The molecule has 0 unspecified atom stereocenters. The van der Waals surface area contributed by atoms with Crippen LogP contribution in [0, 0.1) is 0 Å². The first-order valence-electron chi connectivity index (χ1n) is 8.96. The van der Waals surface area contributed by atoms with Gasteiger partial charge in [0.1, 0.15) is 5.75 Å². The van der Waals surface area contributed by atoms with Crippen molar-refractivity contribution >= 4 is 40.6 Å². The summed E-state index contributed by atoms with van der Waals surface area (Å²) in [5.74, 6) is -0.306. The summed E-state index contributed by atoms with van der Waals surface area (Å²) in [6.07, 6.45) is 1.57. The maximum atomic E-state index is 12.8. The molecule has 0 radical (unpaired) electrons. The third-order valence-electron chi connectivity index (χ3n) is 4.04. The van der Waals surface area contributed by atoms with Gasteiger partial charge in [0.2, 0.25) is 0 Å². The molecule has 0 spiro atoms. The molecule has 0 aliphatic carbocycles. The third-order valence-corrected chi connectivity index (χ3v) is 4.91. The van der Waals surface area contributed by atoms with Crippen LogP contribution in [-0.2, 0) is 9.59 Å². The van der Waals surface area contributed by atoms with E-state index in [1.165, 1.54) is 7.11 Å². The summed E-state index contributed by atoms with van der Waals surface area (Å²) in [4.78, 5) is 37.3. The number of carboxylic acid groups (broad SMARTS) is 1. The molecular formula is C21H19NO7S. The molecule has 1 aliphatic heterocycles. The van der Waals surface area contributed by atoms with E-state index in [2.05, 4.69) is 0 Å². The summed E-state index contributed by atoms with van der Waals surface area (Å²) >= 11 is 0.835. The van der Waals surface area contributed by atoms with Crippen LogP contribution in [0.3, 0.4) is 0 Å². The predicted octanol–water partition coefficient (Wildman–Crippen LogP) is 3.80. The molecule has 2 aromatic carbocycles. The molecular weight excluding hydrogens is 410 g/mol. The quantitative estimate of drug-likeness (QED) is 0.632. The number of ether oxygens (including phenoxy) is 3. The van der Waals surface area contributed by atoms with E-state index >= 15 is 0 Å². The molecule has 1 fully saturated rings. The van der Waals surface area contributed by atoms with Gasteiger partial charge in [0, 0.05) is 0 Å². The van der Waals surface area contributed by atoms with Crippen molar-refractivity contribution in [3.05, 3.63) is 52.9 Å². The van der Waals surface area contributed by atoms with Gasteiger partial charge < -0.3 is 19.3 Å². The van der Waals surface area contributed by atoms with Crippen molar-refractivity contribution in [1.29, 1.82) is 0 Å². The molecule has 2 aromatic rings. The molecule has 3 rings (SSSR count). The second-order valence-electron chi connectivity index (χ2n) is 6.04. The lowest BCUT2D eigenvalue weighted by molar-refractivity contribution is -0.139. The summed E-state index contributed by atoms with van der Waals surface area (Å²) in [7, 11) is 1.42. The van der Waals surface area contributed by atoms with Gasteiger partial charge in [0.15, 0.2) is 18.1 Å². The van der Waals surface area contributed by atoms with Crippen LogP contribution in [0.4, 0.5) is 10.5 Å². The number of imide groups is 1. The molecule has 30 heavy (non-hydrogen) atoms. The van der Waals surface area contributed by atoms with Crippen LogP contribution in [0.1, 0.15) is 12.5 Å². The fraction of sp³-hybridized carbons (Fsp3) is 0.190. The molecule has 2 amide bonds. The monoisotopic (exact) mass is 429 g/mol. The van der Waals surface area contributed by atoms with Crippen LogP contribution >= 0.6 is 11.8 Å². The Hall–Kier alpha value is -3.46. The Bertz CT molecular complexity index is 1000. The van der Waals surface area contributed by atoms with E-state index in [0.717, 1.165) is 16.7 Å². The number of hydrogen-bond acceptors (Lipinski definition) is 7. The van der Waals surface area contributed by atoms with Crippen LogP contribution < -0.4 is 19.1 Å². The maximum absolute atomic E-state index is 12.8. The van der Waals surface area contributed by atoms with Crippen molar-refractivity contribution in [2.75, 3.05) is 25.2 Å². The van der Waals surface area contributed by atoms with Crippen molar-refractivity contribution in [3.63, 3.8) is 0 Å². The highest BCUT2D eigenvalue weighted by atomic mass is 32.2. The first kappa shape index (κ1) is 21.3. The van der Waals surface area contributed by atoms with E-state index in [9.17, 15) is 14.4 Å². The van der Waals surface area contributed by atoms with Crippen molar-refractivity contribution in [2.24, 2.45) is 0 Å². The predicted molar refractivity (Wildman–Crippen MR) is 112 cm³/mol. The van der Waals surface area contributed by atoms with Crippen LogP contribution in [0.2, 0.25) is 0 Å². The van der Waals surface area contributed by atoms with Gasteiger partial charge in [0.05, 0.1) is 24.3 Å². The molecule has 1 N–H and O–H groups in total. The smallest absolute Gasteiger partial charge is 0.341 e. The number of carboxylic acids is 1. The van der Waals surface area contributed by atoms with Crippen molar-refractivity contribution in [1.82, 2.24) is 0 Å². The van der Waals surface area contributed by atoms with Gasteiger partial charge in [0.25, 0.3) is 11.1 Å². The first-order valence-corrected chi connectivity index (χ1v) is 9.78. The number of anilines is 1. The minimum absolute atomic E-state index is 0.259. The summed E-state index contributed by atoms with van der Waals surface area (Å²) in [6, 6.07) is 11.5. The SMILES string of the molecule is CCOc1ccc(N2C(=O)S/C(=C/c3ccc(OCC(=O)O)c(OC)c3)C2=O)cc1. The zero-order chi connectivity index (χ0) is 21.7. The van der Waals surface area contributed by atoms with E-state index in [1.54, 1.807) is 48.5 Å². The number of aliphatic carboxylic acids is 1. The number of carbonyl (C=O) groups excluding carboxylic acids is 2. The zero-order valence-corrected chi connectivity index (χ0v) is 17.1. The van der Waals surface area contributed by atoms with Crippen molar-refractivity contribution < 1.29 is 33.7 Å². The largest absolute Gasteiger partial charge is 0.494 e. The van der Waals surface area contributed by atoms with Crippen LogP contribution in [-0.4, -0.2) is 42.5 Å². The molecule has 0 aromatic heterocycles. The molecule has 1 saturated heterocycles. The fourth-order valence-corrected chi connectivity index (χ4v) is 3.57. The second-order valence-corrected chi connectivity index (χ2v) is 7.03. The normalized spacial score (nSPS) is 14.9. The molecule has 0 saturated carbocycles. The van der Waals surface area contributed by atoms with Gasteiger partial charge in [-0.1, -0.05) is 6.07 Å². The van der Waals surface area contributed by atoms with Gasteiger partial charge >= 0.3 is 5.97 Å². The second kappa shape index (κ2) is 9.36. The van der Waals surface area contributed by atoms with Gasteiger partial charge in [-0.2, -0.15) is 0 Å². The summed E-state index contributed by atoms with van der Waals surface area (Å²) < 4.78 is 15.8. The summed E-state index contributed by atoms with van der Waals surface area (Å²) in [6.45, 7) is 1.89. The van der Waals surface area contributed by atoms with E-state index in [4.69, 9.17) is 19.3 Å². The molecule has 1 heterocycles. The molecule has 156 valence electrons. The Morgan fingerprint density at radius 3 is 2.47 bits per heavy atom. The number of carbonyl (C=O) groups is 3. The molecule has 9 heteroatoms. The standard InChI is InChI=1S/C21H19NO7S/c1-3-28-15-7-5-14(6-8-15)22-20(25)18(30-21(22)26)11-13-4-9-16(17(10-13)27-2)29-12-19(23)24/h4-11H,3,12H2,1-2H3,(H,23,24)/b18-11+. The topological polar surface area (TPSA) is 102 Å². The Morgan fingerprint density at radius 1 is 1.10 bits per heavy atom. The minimum atomic E-state index is -1.11. The minimum Gasteiger partial charge on any atom is -0.494 e. The molecule has 1 aliphatic rings. The van der Waals surface area contributed by atoms with Gasteiger partial charge in [-0.15, -0.1) is 0 Å². The van der Waals surface area contributed by atoms with Gasteiger partial charge in [-0.3, -0.25) is 9.59 Å². The van der Waals surface area contributed by atoms with E-state index < -0.39 is 23.7 Å². The lowest BCUT2D eigenvalue weighted by Crippen LogP contribution is -2.27. The summed E-state index contributed by atoms with van der Waals surface area (Å²) in [5, 5.41) is 8.34. The number of methoxy groups -OCH3 is 1. The van der Waals surface area contributed by atoms with E-state index in [-0.39, 0.29) is 10.7 Å². The van der Waals surface area contributed by atoms with Gasteiger partial charge in [-0.25, -0.2) is 9.69 Å². The third kappa shape index (κ3) is 4.74. The van der Waals surface area contributed by atoms with Crippen molar-refractivity contribution in [2.45, 2.75) is 6.92 Å². The maximum Gasteiger partial charge on any atom is 0.341 e. The fourth-order valence-electron chi connectivity index (χ4n) is 2.73. The average Bonchev–Trinajstić information content (AvgIpc) is 3.00. The molecule has 0 bridgehead atoms. The van der Waals surface area contributed by atoms with Crippen LogP contribution in [0.15, 0.2) is 47.4 Å². The highest BCUT2D eigenvalue weighted by molar-refractivity contribution is 8.19. The number of amides is 2.